The number of nitro benzene ring substituents is 1. The van der Waals surface area contributed by atoms with E-state index in [-0.39, 0.29) is 10.6 Å². The maximum atomic E-state index is 10.9. The molecule has 0 N–H and O–H groups in total. The molecule has 5 nitrogen and oxygen atoms in total. The van der Waals surface area contributed by atoms with Crippen LogP contribution in [-0.4, -0.2) is 36.1 Å². The third-order valence-corrected chi connectivity index (χ3v) is 3.64. The van der Waals surface area contributed by atoms with E-state index in [1.165, 1.54) is 38.4 Å². The van der Waals surface area contributed by atoms with E-state index < -0.39 is 0 Å². The van der Waals surface area contributed by atoms with Gasteiger partial charge in [-0.1, -0.05) is 12.5 Å². The quantitative estimate of drug-likeness (QED) is 0.455. The molecule has 0 unspecified atom stereocenters. The number of ether oxygens (including phenoxy) is 1. The number of nitrogens with zero attached hydrogens (tertiary/aromatic N) is 2. The second kappa shape index (κ2) is 7.24. The van der Waals surface area contributed by atoms with Crippen molar-refractivity contribution >= 4 is 5.69 Å². The number of aryl methyl sites for hydroxylation is 1. The van der Waals surface area contributed by atoms with Crippen molar-refractivity contribution in [1.82, 2.24) is 4.90 Å². The van der Waals surface area contributed by atoms with Crippen molar-refractivity contribution < 1.29 is 9.66 Å². The van der Waals surface area contributed by atoms with Gasteiger partial charge in [0.2, 0.25) is 0 Å². The zero-order chi connectivity index (χ0) is 14.4. The molecule has 0 bridgehead atoms. The Labute approximate surface area is 119 Å². The van der Waals surface area contributed by atoms with Gasteiger partial charge >= 0.3 is 5.69 Å². The predicted molar refractivity (Wildman–Crippen MR) is 78.2 cm³/mol. The van der Waals surface area contributed by atoms with Crippen LogP contribution in [0.1, 0.15) is 31.2 Å². The molecule has 0 atom stereocenters. The number of likely N-dealkylation sites (tertiary alicyclic amines) is 1. The van der Waals surface area contributed by atoms with Gasteiger partial charge in [0.1, 0.15) is 0 Å². The molecule has 1 fully saturated rings. The summed E-state index contributed by atoms with van der Waals surface area (Å²) in [6.45, 7) is 5.79. The van der Waals surface area contributed by atoms with E-state index in [9.17, 15) is 10.1 Å². The Morgan fingerprint density at radius 2 is 2.05 bits per heavy atom. The van der Waals surface area contributed by atoms with Crippen molar-refractivity contribution in [2.45, 2.75) is 32.6 Å². The van der Waals surface area contributed by atoms with E-state index in [0.717, 1.165) is 18.5 Å². The van der Waals surface area contributed by atoms with Crippen molar-refractivity contribution in [3.63, 3.8) is 0 Å². The van der Waals surface area contributed by atoms with Gasteiger partial charge < -0.3 is 9.64 Å². The minimum absolute atomic E-state index is 0.0496. The van der Waals surface area contributed by atoms with Crippen molar-refractivity contribution in [1.29, 1.82) is 0 Å². The van der Waals surface area contributed by atoms with Crippen LogP contribution in [0.3, 0.4) is 0 Å². The lowest BCUT2D eigenvalue weighted by Gasteiger charge is -2.26. The zero-order valence-corrected chi connectivity index (χ0v) is 12.0. The minimum Gasteiger partial charge on any atom is -0.487 e. The molecule has 110 valence electrons. The highest BCUT2D eigenvalue weighted by atomic mass is 16.6. The summed E-state index contributed by atoms with van der Waals surface area (Å²) in [5.74, 6) is 0.383. The van der Waals surface area contributed by atoms with E-state index in [1.54, 1.807) is 12.1 Å². The first-order valence-electron chi connectivity index (χ1n) is 7.27. The number of piperidine rings is 1. The van der Waals surface area contributed by atoms with Gasteiger partial charge in [-0.3, -0.25) is 10.1 Å². The molecular weight excluding hydrogens is 256 g/mol. The molecule has 1 aliphatic heterocycles. The summed E-state index contributed by atoms with van der Waals surface area (Å²) in [5, 5.41) is 10.9. The lowest BCUT2D eigenvalue weighted by Crippen LogP contribution is -2.31. The molecule has 0 saturated carbocycles. The maximum absolute atomic E-state index is 10.9. The van der Waals surface area contributed by atoms with Crippen LogP contribution < -0.4 is 4.74 Å². The van der Waals surface area contributed by atoms with Crippen molar-refractivity contribution in [2.75, 3.05) is 26.2 Å². The molecule has 0 aliphatic carbocycles. The van der Waals surface area contributed by atoms with Crippen molar-refractivity contribution in [3.8, 4) is 5.75 Å². The Hall–Kier alpha value is -1.62. The first-order valence-corrected chi connectivity index (χ1v) is 7.27. The summed E-state index contributed by atoms with van der Waals surface area (Å²) in [6.07, 6.45) is 4.81. The molecule has 20 heavy (non-hydrogen) atoms. The second-order valence-electron chi connectivity index (χ2n) is 5.33. The number of benzene rings is 1. The van der Waals surface area contributed by atoms with E-state index in [1.807, 2.05) is 6.92 Å². The van der Waals surface area contributed by atoms with Crippen LogP contribution in [0, 0.1) is 17.0 Å². The van der Waals surface area contributed by atoms with E-state index in [2.05, 4.69) is 4.90 Å². The van der Waals surface area contributed by atoms with Crippen LogP contribution in [0.25, 0.3) is 0 Å². The largest absolute Gasteiger partial charge is 0.487 e. The fourth-order valence-corrected chi connectivity index (χ4v) is 2.54. The first-order chi connectivity index (χ1) is 9.66. The van der Waals surface area contributed by atoms with Gasteiger partial charge in [-0.2, -0.15) is 0 Å². The Morgan fingerprint density at radius 3 is 2.75 bits per heavy atom. The summed E-state index contributed by atoms with van der Waals surface area (Å²) < 4.78 is 5.60. The van der Waals surface area contributed by atoms with E-state index >= 15 is 0 Å². The van der Waals surface area contributed by atoms with Crippen LogP contribution in [0.4, 0.5) is 5.69 Å². The smallest absolute Gasteiger partial charge is 0.310 e. The Morgan fingerprint density at radius 1 is 1.30 bits per heavy atom. The molecule has 0 radical (unpaired) electrons. The summed E-state index contributed by atoms with van der Waals surface area (Å²) in [5.41, 5.74) is 1.02. The molecule has 2 rings (SSSR count). The van der Waals surface area contributed by atoms with Crippen LogP contribution in [0.2, 0.25) is 0 Å². The van der Waals surface area contributed by atoms with Gasteiger partial charge in [-0.15, -0.1) is 0 Å². The van der Waals surface area contributed by atoms with Crippen LogP contribution in [0.15, 0.2) is 18.2 Å². The van der Waals surface area contributed by atoms with Gasteiger partial charge in [0, 0.05) is 12.6 Å². The van der Waals surface area contributed by atoms with E-state index in [0.29, 0.717) is 12.4 Å². The third-order valence-electron chi connectivity index (χ3n) is 3.64. The monoisotopic (exact) mass is 278 g/mol. The normalized spacial score (nSPS) is 16.1. The van der Waals surface area contributed by atoms with Crippen molar-refractivity contribution in [3.05, 3.63) is 33.9 Å². The molecule has 0 amide bonds. The highest BCUT2D eigenvalue weighted by Gasteiger charge is 2.15. The number of rotatable bonds is 6. The molecule has 0 aromatic heterocycles. The first kappa shape index (κ1) is 14.8. The summed E-state index contributed by atoms with van der Waals surface area (Å²) in [6, 6.07) is 4.98. The summed E-state index contributed by atoms with van der Waals surface area (Å²) >= 11 is 0. The average Bonchev–Trinajstić information content (AvgIpc) is 2.44. The van der Waals surface area contributed by atoms with Gasteiger partial charge in [-0.25, -0.2) is 0 Å². The SMILES string of the molecule is Cc1ccc([N+](=O)[O-])c(OCCCN2CCCCC2)c1. The highest BCUT2D eigenvalue weighted by Crippen LogP contribution is 2.27. The van der Waals surface area contributed by atoms with Crippen LogP contribution in [-0.2, 0) is 0 Å². The van der Waals surface area contributed by atoms with Crippen LogP contribution >= 0.6 is 0 Å². The number of hydrogen-bond donors (Lipinski definition) is 0. The Bertz CT molecular complexity index is 456. The molecule has 1 heterocycles. The molecule has 1 saturated heterocycles. The van der Waals surface area contributed by atoms with Gasteiger partial charge in [-0.05, 0) is 50.9 Å². The molecular formula is C15H22N2O3. The number of hydrogen-bond acceptors (Lipinski definition) is 4. The van der Waals surface area contributed by atoms with Crippen molar-refractivity contribution in [2.24, 2.45) is 0 Å². The molecule has 1 aliphatic rings. The lowest BCUT2D eigenvalue weighted by molar-refractivity contribution is -0.385. The lowest BCUT2D eigenvalue weighted by atomic mass is 10.1. The predicted octanol–water partition coefficient (Wildman–Crippen LogP) is 3.16. The fourth-order valence-electron chi connectivity index (χ4n) is 2.54. The van der Waals surface area contributed by atoms with Gasteiger partial charge in [0.25, 0.3) is 0 Å². The maximum Gasteiger partial charge on any atom is 0.310 e. The number of nitro groups is 1. The van der Waals surface area contributed by atoms with Gasteiger partial charge in [0.15, 0.2) is 5.75 Å². The molecule has 1 aromatic carbocycles. The Kier molecular flexibility index (Phi) is 5.35. The average molecular weight is 278 g/mol. The van der Waals surface area contributed by atoms with Crippen LogP contribution in [0.5, 0.6) is 5.75 Å². The molecule has 1 aromatic rings. The fraction of sp³-hybridized carbons (Fsp3) is 0.600. The molecule has 5 heteroatoms. The summed E-state index contributed by atoms with van der Waals surface area (Å²) in [7, 11) is 0. The molecule has 0 spiro atoms. The Balaban J connectivity index is 1.81. The topological polar surface area (TPSA) is 55.6 Å². The summed E-state index contributed by atoms with van der Waals surface area (Å²) in [4.78, 5) is 13.0. The minimum atomic E-state index is -0.389. The highest BCUT2D eigenvalue weighted by molar-refractivity contribution is 5.48. The standard InChI is InChI=1S/C15H22N2O3/c1-13-6-7-14(17(18)19)15(12-13)20-11-5-10-16-8-3-2-4-9-16/h6-7,12H,2-5,8-11H2,1H3. The zero-order valence-electron chi connectivity index (χ0n) is 12.0. The van der Waals surface area contributed by atoms with Gasteiger partial charge in [0.05, 0.1) is 11.5 Å². The third kappa shape index (κ3) is 4.20. The second-order valence-corrected chi connectivity index (χ2v) is 5.33. The van der Waals surface area contributed by atoms with E-state index in [4.69, 9.17) is 4.74 Å².